The number of rotatable bonds is 4. The molecule has 0 unspecified atom stereocenters. The lowest BCUT2D eigenvalue weighted by atomic mass is 9.71. The molecule has 0 saturated carbocycles. The first kappa shape index (κ1) is 14.0. The first-order valence-corrected chi connectivity index (χ1v) is 7.50. The molecular weight excluding hydrogens is 260 g/mol. The van der Waals surface area contributed by atoms with E-state index in [9.17, 15) is 0 Å². The Balaban J connectivity index is 2.67. The fraction of sp³-hybridized carbons (Fsp3) is 0.733. The van der Waals surface area contributed by atoms with Crippen LogP contribution in [0.5, 0.6) is 0 Å². The number of alkyl halides is 1. The van der Waals surface area contributed by atoms with Crippen LogP contribution in [0.1, 0.15) is 59.8 Å². The van der Waals surface area contributed by atoms with E-state index >= 15 is 0 Å². The highest BCUT2D eigenvalue weighted by atomic mass is 79.9. The third kappa shape index (κ3) is 3.76. The maximum absolute atomic E-state index is 3.46. The molecule has 92 valence electrons. The van der Waals surface area contributed by atoms with Crippen molar-refractivity contribution >= 4 is 15.9 Å². The largest absolute Gasteiger partial charge is 0.0883 e. The van der Waals surface area contributed by atoms with Crippen molar-refractivity contribution in [3.05, 3.63) is 22.8 Å². The molecule has 0 spiro atoms. The molecule has 0 bridgehead atoms. The first-order chi connectivity index (χ1) is 7.47. The molecule has 1 aliphatic rings. The average molecular weight is 285 g/mol. The molecule has 0 aromatic carbocycles. The highest BCUT2D eigenvalue weighted by Crippen LogP contribution is 2.42. The van der Waals surface area contributed by atoms with Gasteiger partial charge in [0.1, 0.15) is 0 Å². The Morgan fingerprint density at radius 1 is 1.44 bits per heavy atom. The van der Waals surface area contributed by atoms with Gasteiger partial charge >= 0.3 is 0 Å². The normalized spacial score (nSPS) is 21.4. The van der Waals surface area contributed by atoms with Crippen molar-refractivity contribution < 1.29 is 0 Å². The van der Waals surface area contributed by atoms with Crippen LogP contribution < -0.4 is 0 Å². The number of halogens is 1. The van der Waals surface area contributed by atoms with Crippen molar-refractivity contribution in [1.82, 2.24) is 0 Å². The van der Waals surface area contributed by atoms with E-state index in [1.54, 1.807) is 11.1 Å². The van der Waals surface area contributed by atoms with E-state index in [1.165, 1.54) is 37.7 Å². The molecule has 0 aromatic heterocycles. The summed E-state index contributed by atoms with van der Waals surface area (Å²) < 4.78 is 0. The summed E-state index contributed by atoms with van der Waals surface area (Å²) in [6.45, 7) is 9.40. The van der Waals surface area contributed by atoms with E-state index in [0.29, 0.717) is 5.41 Å². The fourth-order valence-corrected chi connectivity index (χ4v) is 3.34. The standard InChI is InChI=1S/C15H25Br/c1-12(9-11-16)7-8-14-13(2)6-5-10-15(14,3)4/h9H,5-8,10-11H2,1-4H3/b12-9+. The van der Waals surface area contributed by atoms with Crippen molar-refractivity contribution in [2.45, 2.75) is 59.8 Å². The Hall–Kier alpha value is -0.0400. The summed E-state index contributed by atoms with van der Waals surface area (Å²) in [6, 6.07) is 0. The van der Waals surface area contributed by atoms with Crippen LogP contribution in [0.25, 0.3) is 0 Å². The highest BCUT2D eigenvalue weighted by Gasteiger charge is 2.27. The van der Waals surface area contributed by atoms with Crippen LogP contribution in [0.4, 0.5) is 0 Å². The minimum Gasteiger partial charge on any atom is -0.0883 e. The van der Waals surface area contributed by atoms with Gasteiger partial charge in [0.15, 0.2) is 0 Å². The molecule has 0 radical (unpaired) electrons. The summed E-state index contributed by atoms with van der Waals surface area (Å²) in [5.74, 6) is 0. The molecule has 0 amide bonds. The number of hydrogen-bond acceptors (Lipinski definition) is 0. The van der Waals surface area contributed by atoms with Gasteiger partial charge in [-0.15, -0.1) is 0 Å². The Morgan fingerprint density at radius 3 is 2.69 bits per heavy atom. The van der Waals surface area contributed by atoms with Gasteiger partial charge in [0.2, 0.25) is 0 Å². The van der Waals surface area contributed by atoms with E-state index in [0.717, 1.165) is 5.33 Å². The first-order valence-electron chi connectivity index (χ1n) is 6.38. The molecule has 1 aliphatic carbocycles. The fourth-order valence-electron chi connectivity index (χ4n) is 2.78. The zero-order valence-corrected chi connectivity index (χ0v) is 12.8. The maximum atomic E-state index is 3.46. The molecule has 0 heterocycles. The van der Waals surface area contributed by atoms with E-state index in [1.807, 2.05) is 0 Å². The molecule has 0 aliphatic heterocycles. The monoisotopic (exact) mass is 284 g/mol. The van der Waals surface area contributed by atoms with Gasteiger partial charge in [-0.2, -0.15) is 0 Å². The lowest BCUT2D eigenvalue weighted by Crippen LogP contribution is -2.20. The zero-order valence-electron chi connectivity index (χ0n) is 11.2. The minimum atomic E-state index is 0.441. The summed E-state index contributed by atoms with van der Waals surface area (Å²) in [5.41, 5.74) is 5.33. The number of hydrogen-bond donors (Lipinski definition) is 0. The molecule has 0 aromatic rings. The second-order valence-corrected chi connectivity index (χ2v) is 6.35. The smallest absolute Gasteiger partial charge is 0.0214 e. The maximum Gasteiger partial charge on any atom is 0.0214 e. The predicted octanol–water partition coefficient (Wildman–Crippen LogP) is 5.63. The summed E-state index contributed by atoms with van der Waals surface area (Å²) in [7, 11) is 0. The van der Waals surface area contributed by atoms with Crippen LogP contribution in [-0.2, 0) is 0 Å². The SMILES string of the molecule is CC1=C(CC/C(C)=C/CBr)C(C)(C)CCC1. The average Bonchev–Trinajstić information content (AvgIpc) is 2.16. The van der Waals surface area contributed by atoms with Crippen LogP contribution in [0.15, 0.2) is 22.8 Å². The molecular formula is C15H25Br. The molecule has 0 nitrogen and oxygen atoms in total. The molecule has 16 heavy (non-hydrogen) atoms. The van der Waals surface area contributed by atoms with Crippen molar-refractivity contribution in [1.29, 1.82) is 0 Å². The van der Waals surface area contributed by atoms with Crippen molar-refractivity contribution in [2.24, 2.45) is 5.41 Å². The Kier molecular flexibility index (Phi) is 5.30. The van der Waals surface area contributed by atoms with E-state index < -0.39 is 0 Å². The van der Waals surface area contributed by atoms with Gasteiger partial charge in [0.25, 0.3) is 0 Å². The lowest BCUT2D eigenvalue weighted by Gasteiger charge is -2.34. The van der Waals surface area contributed by atoms with Gasteiger partial charge in [-0.05, 0) is 51.4 Å². The summed E-state index contributed by atoms with van der Waals surface area (Å²) in [5, 5.41) is 0.986. The van der Waals surface area contributed by atoms with Gasteiger partial charge in [-0.25, -0.2) is 0 Å². The summed E-state index contributed by atoms with van der Waals surface area (Å²) in [4.78, 5) is 0. The van der Waals surface area contributed by atoms with E-state index in [4.69, 9.17) is 0 Å². The quantitative estimate of drug-likeness (QED) is 0.463. The Bertz CT molecular complexity index is 295. The van der Waals surface area contributed by atoms with Crippen molar-refractivity contribution in [2.75, 3.05) is 5.33 Å². The van der Waals surface area contributed by atoms with Crippen LogP contribution >= 0.6 is 15.9 Å². The van der Waals surface area contributed by atoms with Gasteiger partial charge in [-0.1, -0.05) is 52.6 Å². The van der Waals surface area contributed by atoms with Crippen molar-refractivity contribution in [3.63, 3.8) is 0 Å². The summed E-state index contributed by atoms with van der Waals surface area (Å²) >= 11 is 3.46. The third-order valence-corrected chi connectivity index (χ3v) is 4.20. The van der Waals surface area contributed by atoms with Gasteiger partial charge in [0, 0.05) is 5.33 Å². The van der Waals surface area contributed by atoms with Gasteiger partial charge in [-0.3, -0.25) is 0 Å². The van der Waals surface area contributed by atoms with Crippen LogP contribution in [0, 0.1) is 5.41 Å². The highest BCUT2D eigenvalue weighted by molar-refractivity contribution is 9.09. The molecule has 0 N–H and O–H groups in total. The molecule has 0 atom stereocenters. The Labute approximate surface area is 109 Å². The zero-order chi connectivity index (χ0) is 12.2. The van der Waals surface area contributed by atoms with Crippen LogP contribution in [-0.4, -0.2) is 5.33 Å². The lowest BCUT2D eigenvalue weighted by molar-refractivity contribution is 0.354. The van der Waals surface area contributed by atoms with Crippen LogP contribution in [0.2, 0.25) is 0 Å². The summed E-state index contributed by atoms with van der Waals surface area (Å²) in [6.07, 6.45) is 8.82. The van der Waals surface area contributed by atoms with E-state index in [-0.39, 0.29) is 0 Å². The molecule has 0 fully saturated rings. The second-order valence-electron chi connectivity index (χ2n) is 5.70. The molecule has 0 saturated heterocycles. The molecule has 1 rings (SSSR count). The van der Waals surface area contributed by atoms with E-state index in [2.05, 4.69) is 49.7 Å². The Morgan fingerprint density at radius 2 is 2.12 bits per heavy atom. The number of allylic oxidation sites excluding steroid dienone is 4. The van der Waals surface area contributed by atoms with Crippen molar-refractivity contribution in [3.8, 4) is 0 Å². The minimum absolute atomic E-state index is 0.441. The third-order valence-electron chi connectivity index (χ3n) is 3.88. The van der Waals surface area contributed by atoms with Gasteiger partial charge in [0.05, 0.1) is 0 Å². The van der Waals surface area contributed by atoms with Crippen LogP contribution in [0.3, 0.4) is 0 Å². The topological polar surface area (TPSA) is 0 Å². The second kappa shape index (κ2) is 6.05. The van der Waals surface area contributed by atoms with Gasteiger partial charge < -0.3 is 0 Å². The predicted molar refractivity (Wildman–Crippen MR) is 77.1 cm³/mol. The molecule has 1 heteroatoms.